The molecule has 0 amide bonds. The smallest absolute Gasteiger partial charge is 0.462 e. The van der Waals surface area contributed by atoms with Crippen LogP contribution in [0.15, 0.2) is 72.9 Å². The second-order valence-corrected chi connectivity index (χ2v) is 11.2. The molecule has 3 atom stereocenters. The van der Waals surface area contributed by atoms with Crippen LogP contribution >= 0.6 is 7.82 Å². The van der Waals surface area contributed by atoms with E-state index in [2.05, 4.69) is 66.1 Å². The molecule has 0 fully saturated rings. The average molecular weight is 641 g/mol. The molecule has 0 aromatic heterocycles. The Morgan fingerprint density at radius 3 is 1.70 bits per heavy atom. The molecule has 0 aromatic rings. The topological polar surface area (TPSA) is 149 Å². The van der Waals surface area contributed by atoms with Gasteiger partial charge in [-0.2, -0.15) is 0 Å². The van der Waals surface area contributed by atoms with E-state index in [0.717, 1.165) is 44.9 Å². The number of aliphatic hydroxyl groups excluding tert-OH is 2. The van der Waals surface area contributed by atoms with Crippen LogP contribution in [0.3, 0.4) is 0 Å². The van der Waals surface area contributed by atoms with Gasteiger partial charge in [-0.3, -0.25) is 18.6 Å². The highest BCUT2D eigenvalue weighted by molar-refractivity contribution is 7.47. The zero-order chi connectivity index (χ0) is 32.7. The van der Waals surface area contributed by atoms with Crippen LogP contribution in [-0.4, -0.2) is 65.7 Å². The van der Waals surface area contributed by atoms with Crippen molar-refractivity contribution in [2.75, 3.05) is 26.4 Å². The zero-order valence-electron chi connectivity index (χ0n) is 26.3. The molecule has 0 aliphatic rings. The van der Waals surface area contributed by atoms with Gasteiger partial charge in [-0.1, -0.05) is 93.2 Å². The van der Waals surface area contributed by atoms with Gasteiger partial charge in [-0.05, 0) is 51.4 Å². The van der Waals surface area contributed by atoms with Crippen LogP contribution in [0.5, 0.6) is 0 Å². The lowest BCUT2D eigenvalue weighted by Crippen LogP contribution is -2.29. The fourth-order valence-electron chi connectivity index (χ4n) is 3.23. The Morgan fingerprint density at radius 1 is 0.705 bits per heavy atom. The third kappa shape index (κ3) is 28.2. The Balaban J connectivity index is 4.39. The maximum Gasteiger partial charge on any atom is 0.472 e. The van der Waals surface area contributed by atoms with Crippen LogP contribution in [0.4, 0.5) is 0 Å². The molecule has 11 heteroatoms. The largest absolute Gasteiger partial charge is 0.472 e. The van der Waals surface area contributed by atoms with E-state index in [-0.39, 0.29) is 19.4 Å². The van der Waals surface area contributed by atoms with Crippen molar-refractivity contribution in [1.82, 2.24) is 0 Å². The number of hydrogen-bond acceptors (Lipinski definition) is 9. The lowest BCUT2D eigenvalue weighted by molar-refractivity contribution is -0.161. The van der Waals surface area contributed by atoms with E-state index in [9.17, 15) is 24.2 Å². The summed E-state index contributed by atoms with van der Waals surface area (Å²) in [5, 5.41) is 18.1. The van der Waals surface area contributed by atoms with Gasteiger partial charge in [0.2, 0.25) is 0 Å². The quantitative estimate of drug-likeness (QED) is 0.0510. The van der Waals surface area contributed by atoms with Crippen LogP contribution in [0.1, 0.15) is 84.5 Å². The molecule has 0 aliphatic heterocycles. The molecule has 0 heterocycles. The maximum absolute atomic E-state index is 12.3. The molecule has 0 spiro atoms. The van der Waals surface area contributed by atoms with Gasteiger partial charge in [0.25, 0.3) is 0 Å². The summed E-state index contributed by atoms with van der Waals surface area (Å²) in [4.78, 5) is 33.9. The fourth-order valence-corrected chi connectivity index (χ4v) is 4.02. The first kappa shape index (κ1) is 41.4. The molecular weight excluding hydrogens is 587 g/mol. The first-order valence-corrected chi connectivity index (χ1v) is 16.9. The Morgan fingerprint density at radius 2 is 1.20 bits per heavy atom. The van der Waals surface area contributed by atoms with Crippen LogP contribution in [0.2, 0.25) is 0 Å². The van der Waals surface area contributed by atoms with E-state index in [1.54, 1.807) is 0 Å². The predicted molar refractivity (Wildman–Crippen MR) is 173 cm³/mol. The molecule has 0 saturated heterocycles. The van der Waals surface area contributed by atoms with Gasteiger partial charge in [-0.25, -0.2) is 4.57 Å². The summed E-state index contributed by atoms with van der Waals surface area (Å²) in [6.45, 7) is 1.83. The standard InChI is InChI=1S/C33H53O10P/c1-3-5-7-8-9-10-11-12-13-14-15-16-17-18-19-20-21-22-23-25-33(37)43-31(28-40-32(36)24-6-4-2)29-42-44(38,39)41-27-30(35)26-34/h5,7,9-10,12-13,15-16,18-19,21-22,30-31,34-35H,3-4,6,8,11,14,17,20,23-29H2,1-2H3,(H,38,39)/b7-5-,10-9-,13-12-,16-15-,19-18-,22-21-. The highest BCUT2D eigenvalue weighted by Crippen LogP contribution is 2.43. The van der Waals surface area contributed by atoms with Gasteiger partial charge >= 0.3 is 19.8 Å². The second-order valence-electron chi connectivity index (χ2n) is 9.75. The molecule has 250 valence electrons. The van der Waals surface area contributed by atoms with Crippen molar-refractivity contribution in [3.8, 4) is 0 Å². The number of esters is 2. The summed E-state index contributed by atoms with van der Waals surface area (Å²) in [6, 6.07) is 0. The molecule has 3 N–H and O–H groups in total. The van der Waals surface area contributed by atoms with Gasteiger partial charge in [0, 0.05) is 12.8 Å². The SMILES string of the molecule is CC/C=C\C/C=C\C/C=C\C/C=C\C/C=C\C/C=C\CCC(=O)OC(COC(=O)CCCC)COP(=O)(O)OCC(O)CO. The number of aliphatic hydroxyl groups is 2. The predicted octanol–water partition coefficient (Wildman–Crippen LogP) is 6.60. The number of phosphoric ester groups is 1. The molecule has 0 aromatic carbocycles. The van der Waals surface area contributed by atoms with Crippen molar-refractivity contribution in [2.24, 2.45) is 0 Å². The van der Waals surface area contributed by atoms with E-state index in [4.69, 9.17) is 19.1 Å². The molecule has 0 radical (unpaired) electrons. The van der Waals surface area contributed by atoms with Gasteiger partial charge in [0.15, 0.2) is 6.10 Å². The summed E-state index contributed by atoms with van der Waals surface area (Å²) in [7, 11) is -4.61. The minimum absolute atomic E-state index is 0.0540. The minimum atomic E-state index is -4.61. The monoisotopic (exact) mass is 640 g/mol. The van der Waals surface area contributed by atoms with Gasteiger partial charge in [0.05, 0.1) is 19.8 Å². The first-order valence-electron chi connectivity index (χ1n) is 15.4. The number of hydrogen-bond donors (Lipinski definition) is 3. The van der Waals surface area contributed by atoms with Crippen LogP contribution in [-0.2, 0) is 32.7 Å². The molecule has 0 bridgehead atoms. The Hall–Kier alpha value is -2.59. The molecule has 0 aliphatic carbocycles. The first-order chi connectivity index (χ1) is 21.2. The number of allylic oxidation sites excluding steroid dienone is 12. The summed E-state index contributed by atoms with van der Waals surface area (Å²) >= 11 is 0. The van der Waals surface area contributed by atoms with Crippen LogP contribution in [0.25, 0.3) is 0 Å². The van der Waals surface area contributed by atoms with E-state index >= 15 is 0 Å². The summed E-state index contributed by atoms with van der Waals surface area (Å²) < 4.78 is 31.9. The van der Waals surface area contributed by atoms with Crippen LogP contribution < -0.4 is 0 Å². The van der Waals surface area contributed by atoms with Crippen molar-refractivity contribution in [2.45, 2.75) is 96.7 Å². The number of ether oxygens (including phenoxy) is 2. The third-order valence-corrected chi connectivity index (χ3v) is 6.59. The van der Waals surface area contributed by atoms with Gasteiger partial charge in [0.1, 0.15) is 12.7 Å². The number of unbranched alkanes of at least 4 members (excludes halogenated alkanes) is 1. The Labute approximate surface area is 263 Å². The van der Waals surface area contributed by atoms with E-state index in [1.807, 2.05) is 25.2 Å². The Bertz CT molecular complexity index is 968. The molecule has 3 unspecified atom stereocenters. The summed E-state index contributed by atoms with van der Waals surface area (Å²) in [5.41, 5.74) is 0. The van der Waals surface area contributed by atoms with Gasteiger partial charge in [-0.15, -0.1) is 0 Å². The summed E-state index contributed by atoms with van der Waals surface area (Å²) in [5.74, 6) is -1.08. The molecule has 10 nitrogen and oxygen atoms in total. The van der Waals surface area contributed by atoms with Crippen molar-refractivity contribution in [1.29, 1.82) is 0 Å². The fraction of sp³-hybridized carbons (Fsp3) is 0.576. The Kier molecular flexibility index (Phi) is 27.4. The van der Waals surface area contributed by atoms with Crippen molar-refractivity contribution in [3.63, 3.8) is 0 Å². The van der Waals surface area contributed by atoms with Crippen molar-refractivity contribution < 1.29 is 47.8 Å². The molecule has 0 saturated carbocycles. The lowest BCUT2D eigenvalue weighted by Gasteiger charge is -2.20. The average Bonchev–Trinajstić information content (AvgIpc) is 3.01. The van der Waals surface area contributed by atoms with Crippen LogP contribution in [0, 0.1) is 0 Å². The third-order valence-electron chi connectivity index (χ3n) is 5.64. The van der Waals surface area contributed by atoms with E-state index in [0.29, 0.717) is 12.8 Å². The van der Waals surface area contributed by atoms with E-state index < -0.39 is 51.8 Å². The highest BCUT2D eigenvalue weighted by atomic mass is 31.2. The van der Waals surface area contributed by atoms with Gasteiger partial charge < -0.3 is 24.6 Å². The minimum Gasteiger partial charge on any atom is -0.462 e. The highest BCUT2D eigenvalue weighted by Gasteiger charge is 2.27. The maximum atomic E-state index is 12.3. The number of phosphoric acid groups is 1. The summed E-state index contributed by atoms with van der Waals surface area (Å²) in [6.07, 6.45) is 30.3. The zero-order valence-corrected chi connectivity index (χ0v) is 27.2. The normalized spacial score (nSPS) is 15.3. The van der Waals surface area contributed by atoms with Crippen molar-refractivity contribution in [3.05, 3.63) is 72.9 Å². The van der Waals surface area contributed by atoms with E-state index in [1.165, 1.54) is 0 Å². The number of carbonyl (C=O) groups is 2. The number of rotatable bonds is 27. The lowest BCUT2D eigenvalue weighted by atomic mass is 10.2. The molecule has 44 heavy (non-hydrogen) atoms. The number of carbonyl (C=O) groups excluding carboxylic acids is 2. The molecule has 0 rings (SSSR count). The molecular formula is C33H53O10P. The second kappa shape index (κ2) is 29.1. The van der Waals surface area contributed by atoms with Crippen molar-refractivity contribution >= 4 is 19.8 Å².